The van der Waals surface area contributed by atoms with Crippen molar-refractivity contribution in [3.05, 3.63) is 71.3 Å². The van der Waals surface area contributed by atoms with Crippen molar-refractivity contribution < 1.29 is 4.79 Å². The van der Waals surface area contributed by atoms with Crippen molar-refractivity contribution in [2.75, 3.05) is 4.90 Å². The molecule has 2 aliphatic rings. The van der Waals surface area contributed by atoms with Crippen LogP contribution in [-0.2, 0) is 0 Å². The van der Waals surface area contributed by atoms with Gasteiger partial charge in [-0.1, -0.05) is 36.4 Å². The van der Waals surface area contributed by atoms with Gasteiger partial charge in [0.05, 0.1) is 16.9 Å². The van der Waals surface area contributed by atoms with Gasteiger partial charge in [-0.3, -0.25) is 9.69 Å². The van der Waals surface area contributed by atoms with E-state index in [4.69, 9.17) is 4.99 Å². The lowest BCUT2D eigenvalue weighted by atomic mass is 10.0. The van der Waals surface area contributed by atoms with Gasteiger partial charge in [-0.05, 0) is 36.1 Å². The second-order valence-corrected chi connectivity index (χ2v) is 5.72. The van der Waals surface area contributed by atoms with E-state index < -0.39 is 0 Å². The Morgan fingerprint density at radius 3 is 2.59 bits per heavy atom. The Labute approximate surface area is 127 Å². The molecule has 0 bridgehead atoms. The number of rotatable bonds is 0. The number of anilines is 1. The maximum Gasteiger partial charge on any atom is 0.264 e. The van der Waals surface area contributed by atoms with Gasteiger partial charge in [0.1, 0.15) is 5.84 Å². The largest absolute Gasteiger partial charge is 0.268 e. The molecule has 0 unspecified atom stereocenters. The predicted octanol–water partition coefficient (Wildman–Crippen LogP) is 4.20. The number of benzene rings is 3. The maximum atomic E-state index is 12.8. The van der Waals surface area contributed by atoms with E-state index in [1.54, 1.807) is 4.90 Å². The summed E-state index contributed by atoms with van der Waals surface area (Å²) < 4.78 is 0. The van der Waals surface area contributed by atoms with Gasteiger partial charge in [-0.15, -0.1) is 0 Å². The molecule has 104 valence electrons. The SMILES string of the molecule is Cc1ccc2c3c(cccc13)N1C(=O)c3ccccc3C1=N2. The van der Waals surface area contributed by atoms with Crippen molar-refractivity contribution in [1.82, 2.24) is 0 Å². The molecule has 0 N–H and O–H groups in total. The van der Waals surface area contributed by atoms with E-state index in [1.165, 1.54) is 5.56 Å². The van der Waals surface area contributed by atoms with E-state index in [0.717, 1.165) is 39.1 Å². The summed E-state index contributed by atoms with van der Waals surface area (Å²) >= 11 is 0. The number of amidine groups is 1. The molecule has 0 aliphatic carbocycles. The van der Waals surface area contributed by atoms with Crippen LogP contribution in [0.2, 0.25) is 0 Å². The molecule has 0 atom stereocenters. The van der Waals surface area contributed by atoms with Crippen LogP contribution in [0.3, 0.4) is 0 Å². The van der Waals surface area contributed by atoms with E-state index in [2.05, 4.69) is 19.1 Å². The van der Waals surface area contributed by atoms with Crippen molar-refractivity contribution in [2.45, 2.75) is 6.92 Å². The number of hydrogen-bond donors (Lipinski definition) is 0. The summed E-state index contributed by atoms with van der Waals surface area (Å²) in [6.45, 7) is 2.09. The lowest BCUT2D eigenvalue weighted by molar-refractivity contribution is 0.101. The number of amides is 1. The predicted molar refractivity (Wildman–Crippen MR) is 88.1 cm³/mol. The topological polar surface area (TPSA) is 32.7 Å². The smallest absolute Gasteiger partial charge is 0.264 e. The first-order chi connectivity index (χ1) is 10.8. The Morgan fingerprint density at radius 1 is 0.909 bits per heavy atom. The van der Waals surface area contributed by atoms with Gasteiger partial charge in [0.15, 0.2) is 0 Å². The Balaban J connectivity index is 1.93. The van der Waals surface area contributed by atoms with Crippen LogP contribution < -0.4 is 4.90 Å². The fraction of sp³-hybridized carbons (Fsp3) is 0.0526. The third kappa shape index (κ3) is 1.26. The van der Waals surface area contributed by atoms with Crippen LogP contribution in [0, 0.1) is 6.92 Å². The Hall–Kier alpha value is -2.94. The van der Waals surface area contributed by atoms with Crippen molar-refractivity contribution in [2.24, 2.45) is 4.99 Å². The van der Waals surface area contributed by atoms with E-state index >= 15 is 0 Å². The minimum atomic E-state index is 0.00834. The summed E-state index contributed by atoms with van der Waals surface area (Å²) in [6.07, 6.45) is 0. The molecular weight excluding hydrogens is 272 g/mol. The average Bonchev–Trinajstić information content (AvgIpc) is 2.84. The van der Waals surface area contributed by atoms with Gasteiger partial charge in [-0.2, -0.15) is 0 Å². The fourth-order valence-electron chi connectivity index (χ4n) is 3.44. The molecule has 0 spiro atoms. The number of aryl methyl sites for hydroxylation is 1. The first-order valence-corrected chi connectivity index (χ1v) is 7.30. The molecular formula is C19H12N2O. The minimum Gasteiger partial charge on any atom is -0.268 e. The zero-order chi connectivity index (χ0) is 14.8. The zero-order valence-corrected chi connectivity index (χ0v) is 12.0. The van der Waals surface area contributed by atoms with Crippen LogP contribution in [0.1, 0.15) is 21.5 Å². The molecule has 5 rings (SSSR count). The quantitative estimate of drug-likeness (QED) is 0.609. The third-order valence-electron chi connectivity index (χ3n) is 4.50. The van der Waals surface area contributed by atoms with E-state index in [9.17, 15) is 4.79 Å². The molecule has 0 fully saturated rings. The highest BCUT2D eigenvalue weighted by atomic mass is 16.2. The molecule has 2 heterocycles. The van der Waals surface area contributed by atoms with E-state index in [-0.39, 0.29) is 5.91 Å². The van der Waals surface area contributed by atoms with Gasteiger partial charge < -0.3 is 0 Å². The molecule has 0 aromatic heterocycles. The van der Waals surface area contributed by atoms with Crippen LogP contribution in [0.25, 0.3) is 10.8 Å². The monoisotopic (exact) mass is 284 g/mol. The lowest BCUT2D eigenvalue weighted by Crippen LogP contribution is -2.31. The highest BCUT2D eigenvalue weighted by Gasteiger charge is 2.37. The van der Waals surface area contributed by atoms with Gasteiger partial charge in [-0.25, -0.2) is 4.99 Å². The van der Waals surface area contributed by atoms with E-state index in [1.807, 2.05) is 42.5 Å². The van der Waals surface area contributed by atoms with Gasteiger partial charge in [0.25, 0.3) is 5.91 Å². The molecule has 1 amide bonds. The molecule has 3 nitrogen and oxygen atoms in total. The standard InChI is InChI=1S/C19H12N2O/c1-11-9-10-15-17-12(11)7-4-8-16(17)21-18(20-15)13-5-2-3-6-14(13)19(21)22/h2-10H,1H3. The van der Waals surface area contributed by atoms with Crippen LogP contribution in [0.4, 0.5) is 11.4 Å². The molecule has 3 heteroatoms. The Morgan fingerprint density at radius 2 is 1.73 bits per heavy atom. The number of fused-ring (bicyclic) bond motifs is 4. The highest BCUT2D eigenvalue weighted by Crippen LogP contribution is 2.43. The highest BCUT2D eigenvalue weighted by molar-refractivity contribution is 6.39. The first kappa shape index (κ1) is 11.7. The maximum absolute atomic E-state index is 12.8. The summed E-state index contributed by atoms with van der Waals surface area (Å²) in [7, 11) is 0. The average molecular weight is 284 g/mol. The number of aliphatic imine (C=N–C) groups is 1. The van der Waals surface area contributed by atoms with Crippen molar-refractivity contribution in [3.8, 4) is 0 Å². The number of carbonyl (C=O) groups is 1. The molecule has 0 radical (unpaired) electrons. The molecule has 0 saturated heterocycles. The Kier molecular flexibility index (Phi) is 2.03. The number of nitrogens with zero attached hydrogens (tertiary/aromatic N) is 2. The number of carbonyl (C=O) groups excluding carboxylic acids is 1. The summed E-state index contributed by atoms with van der Waals surface area (Å²) in [6, 6.07) is 17.9. The summed E-state index contributed by atoms with van der Waals surface area (Å²) in [5, 5.41) is 2.22. The minimum absolute atomic E-state index is 0.00834. The summed E-state index contributed by atoms with van der Waals surface area (Å²) in [5.74, 6) is 0.749. The molecule has 22 heavy (non-hydrogen) atoms. The van der Waals surface area contributed by atoms with Crippen molar-refractivity contribution >= 4 is 33.9 Å². The Bertz CT molecular complexity index is 1020. The van der Waals surface area contributed by atoms with Gasteiger partial charge >= 0.3 is 0 Å². The lowest BCUT2D eigenvalue weighted by Gasteiger charge is -2.25. The second-order valence-electron chi connectivity index (χ2n) is 5.72. The molecule has 2 aliphatic heterocycles. The van der Waals surface area contributed by atoms with Crippen LogP contribution in [0.5, 0.6) is 0 Å². The van der Waals surface area contributed by atoms with Crippen LogP contribution in [0.15, 0.2) is 59.6 Å². The zero-order valence-electron chi connectivity index (χ0n) is 12.0. The summed E-state index contributed by atoms with van der Waals surface area (Å²) in [4.78, 5) is 19.3. The van der Waals surface area contributed by atoms with Crippen LogP contribution >= 0.6 is 0 Å². The number of hydrogen-bond acceptors (Lipinski definition) is 2. The molecule has 0 saturated carbocycles. The third-order valence-corrected chi connectivity index (χ3v) is 4.50. The van der Waals surface area contributed by atoms with Crippen molar-refractivity contribution in [1.29, 1.82) is 0 Å². The molecule has 3 aromatic carbocycles. The molecule has 3 aromatic rings. The van der Waals surface area contributed by atoms with Crippen molar-refractivity contribution in [3.63, 3.8) is 0 Å². The second kappa shape index (κ2) is 3.83. The fourth-order valence-corrected chi connectivity index (χ4v) is 3.44. The normalized spacial score (nSPS) is 14.9. The van der Waals surface area contributed by atoms with Crippen LogP contribution in [-0.4, -0.2) is 11.7 Å². The van der Waals surface area contributed by atoms with Gasteiger partial charge in [0.2, 0.25) is 0 Å². The van der Waals surface area contributed by atoms with E-state index in [0.29, 0.717) is 0 Å². The van der Waals surface area contributed by atoms with Gasteiger partial charge in [0, 0.05) is 10.9 Å². The first-order valence-electron chi connectivity index (χ1n) is 7.30. The summed E-state index contributed by atoms with van der Waals surface area (Å²) in [5.41, 5.74) is 4.70.